The summed E-state index contributed by atoms with van der Waals surface area (Å²) in [6.07, 6.45) is 8.02. The second-order valence-corrected chi connectivity index (χ2v) is 6.48. The normalized spacial score (nSPS) is 9.86. The van der Waals surface area contributed by atoms with Gasteiger partial charge in [0.15, 0.2) is 5.78 Å². The van der Waals surface area contributed by atoms with E-state index in [9.17, 15) is 18.0 Å². The molecule has 1 rings (SSSR count). The second kappa shape index (κ2) is 23.0. The highest BCUT2D eigenvalue weighted by Gasteiger charge is 2.15. The van der Waals surface area contributed by atoms with E-state index in [2.05, 4.69) is 26.0 Å². The maximum Gasteiger partial charge on any atom is 0.386 e. The van der Waals surface area contributed by atoms with Crippen LogP contribution in [0.1, 0.15) is 122 Å². The van der Waals surface area contributed by atoms with Gasteiger partial charge in [-0.2, -0.15) is 13.2 Å². The standard InChI is InChI=1S/C19H30O.C2H3F3.2C2H6/c1-3-5-6-7-8-9-10-11-12-19(20)18-15-13-17(4-2)14-16-18;1-2(3,4)5;2*1-2/h13-16H,3-12H2,1-2H3;1H3;2*1-2H3. The van der Waals surface area contributed by atoms with E-state index in [-0.39, 0.29) is 6.92 Å². The van der Waals surface area contributed by atoms with E-state index in [1.807, 2.05) is 39.8 Å². The zero-order valence-electron chi connectivity index (χ0n) is 19.9. The predicted molar refractivity (Wildman–Crippen MR) is 122 cm³/mol. The fourth-order valence-corrected chi connectivity index (χ4v) is 2.49. The second-order valence-electron chi connectivity index (χ2n) is 6.48. The van der Waals surface area contributed by atoms with Crippen molar-refractivity contribution < 1.29 is 18.0 Å². The van der Waals surface area contributed by atoms with Crippen LogP contribution in [0.15, 0.2) is 24.3 Å². The molecule has 29 heavy (non-hydrogen) atoms. The van der Waals surface area contributed by atoms with E-state index < -0.39 is 6.18 Å². The number of ketones is 1. The molecule has 0 unspecified atom stereocenters. The number of carbonyl (C=O) groups excluding carboxylic acids is 1. The van der Waals surface area contributed by atoms with Crippen molar-refractivity contribution in [2.75, 3.05) is 0 Å². The van der Waals surface area contributed by atoms with E-state index in [1.54, 1.807) is 0 Å². The number of rotatable bonds is 11. The van der Waals surface area contributed by atoms with Gasteiger partial charge in [-0.05, 0) is 18.4 Å². The Hall–Kier alpha value is -1.32. The van der Waals surface area contributed by atoms with Gasteiger partial charge in [0.1, 0.15) is 0 Å². The van der Waals surface area contributed by atoms with Gasteiger partial charge in [-0.1, -0.05) is 111 Å². The van der Waals surface area contributed by atoms with E-state index >= 15 is 0 Å². The van der Waals surface area contributed by atoms with E-state index in [1.165, 1.54) is 50.5 Å². The number of hydrogen-bond donors (Lipinski definition) is 0. The monoisotopic (exact) mass is 418 g/mol. The van der Waals surface area contributed by atoms with Gasteiger partial charge in [0, 0.05) is 18.9 Å². The maximum absolute atomic E-state index is 12.0. The molecule has 0 N–H and O–H groups in total. The lowest BCUT2D eigenvalue weighted by atomic mass is 10.0. The third kappa shape index (κ3) is 26.7. The van der Waals surface area contributed by atoms with Crippen molar-refractivity contribution in [1.82, 2.24) is 0 Å². The molecular formula is C25H45F3O. The summed E-state index contributed by atoms with van der Waals surface area (Å²) in [4.78, 5) is 12.0. The molecule has 0 aromatic heterocycles. The Bertz CT molecular complexity index is 444. The largest absolute Gasteiger partial charge is 0.386 e. The summed E-state index contributed by atoms with van der Waals surface area (Å²) in [5, 5.41) is 0. The third-order valence-electron chi connectivity index (χ3n) is 3.94. The van der Waals surface area contributed by atoms with Crippen molar-refractivity contribution in [1.29, 1.82) is 0 Å². The minimum Gasteiger partial charge on any atom is -0.294 e. The number of Topliss-reactive ketones (excluding diaryl/α,β-unsaturated/α-hetero) is 1. The molecule has 0 saturated heterocycles. The van der Waals surface area contributed by atoms with Crippen LogP contribution in [0.25, 0.3) is 0 Å². The quantitative estimate of drug-likeness (QED) is 0.258. The van der Waals surface area contributed by atoms with Crippen LogP contribution >= 0.6 is 0 Å². The number of halogens is 3. The summed E-state index contributed by atoms with van der Waals surface area (Å²) in [7, 11) is 0. The van der Waals surface area contributed by atoms with Crippen molar-refractivity contribution in [2.24, 2.45) is 0 Å². The zero-order valence-corrected chi connectivity index (χ0v) is 19.9. The van der Waals surface area contributed by atoms with Crippen molar-refractivity contribution in [2.45, 2.75) is 119 Å². The Kier molecular flexibility index (Phi) is 25.6. The van der Waals surface area contributed by atoms with E-state index in [0.29, 0.717) is 12.2 Å². The van der Waals surface area contributed by atoms with Crippen LogP contribution in [0.3, 0.4) is 0 Å². The number of unbranched alkanes of at least 4 members (excludes halogenated alkanes) is 7. The number of alkyl halides is 3. The highest BCUT2D eigenvalue weighted by Crippen LogP contribution is 2.13. The Morgan fingerprint density at radius 2 is 1.14 bits per heavy atom. The first kappa shape index (κ1) is 32.3. The molecular weight excluding hydrogens is 373 g/mol. The molecule has 1 aromatic carbocycles. The molecule has 0 aliphatic heterocycles. The van der Waals surface area contributed by atoms with Gasteiger partial charge in [0.2, 0.25) is 0 Å². The van der Waals surface area contributed by atoms with Crippen LogP contribution in [0, 0.1) is 0 Å². The first-order chi connectivity index (χ1) is 13.8. The first-order valence-electron chi connectivity index (χ1n) is 11.5. The van der Waals surface area contributed by atoms with Gasteiger partial charge in [0.25, 0.3) is 0 Å². The summed E-state index contributed by atoms with van der Waals surface area (Å²) in [5.41, 5.74) is 2.18. The molecule has 172 valence electrons. The van der Waals surface area contributed by atoms with Crippen molar-refractivity contribution >= 4 is 5.78 Å². The van der Waals surface area contributed by atoms with E-state index in [0.717, 1.165) is 18.4 Å². The molecule has 0 atom stereocenters. The Morgan fingerprint density at radius 1 is 0.759 bits per heavy atom. The fourth-order valence-electron chi connectivity index (χ4n) is 2.49. The Labute approximate surface area is 178 Å². The van der Waals surface area contributed by atoms with Crippen molar-refractivity contribution in [3.05, 3.63) is 35.4 Å². The van der Waals surface area contributed by atoms with E-state index in [4.69, 9.17) is 0 Å². The SMILES string of the molecule is CC.CC.CC(F)(F)F.CCCCCCCCCCC(=O)c1ccc(CC)cc1. The molecule has 1 nitrogen and oxygen atoms in total. The molecule has 1 aromatic rings. The smallest absolute Gasteiger partial charge is 0.294 e. The summed E-state index contributed by atoms with van der Waals surface area (Å²) >= 11 is 0. The van der Waals surface area contributed by atoms with Crippen molar-refractivity contribution in [3.63, 3.8) is 0 Å². The van der Waals surface area contributed by atoms with Crippen LogP contribution in [-0.2, 0) is 6.42 Å². The number of benzene rings is 1. The predicted octanol–water partition coefficient (Wildman–Crippen LogP) is 9.58. The van der Waals surface area contributed by atoms with Crippen molar-refractivity contribution in [3.8, 4) is 0 Å². The molecule has 0 aliphatic rings. The van der Waals surface area contributed by atoms with Gasteiger partial charge >= 0.3 is 6.18 Å². The van der Waals surface area contributed by atoms with Crippen LogP contribution < -0.4 is 0 Å². The highest BCUT2D eigenvalue weighted by atomic mass is 19.4. The zero-order chi connectivity index (χ0) is 23.1. The molecule has 0 spiro atoms. The number of hydrogen-bond acceptors (Lipinski definition) is 1. The lowest BCUT2D eigenvalue weighted by molar-refractivity contribution is -0.110. The number of carbonyl (C=O) groups is 1. The van der Waals surface area contributed by atoms with Gasteiger partial charge in [0.05, 0.1) is 0 Å². The van der Waals surface area contributed by atoms with Gasteiger partial charge in [-0.3, -0.25) is 4.79 Å². The summed E-state index contributed by atoms with van der Waals surface area (Å²) in [6, 6.07) is 8.10. The van der Waals surface area contributed by atoms with Gasteiger partial charge < -0.3 is 0 Å². The molecule has 0 bridgehead atoms. The fraction of sp³-hybridized carbons (Fsp3) is 0.720. The summed E-state index contributed by atoms with van der Waals surface area (Å²) in [5.74, 6) is 0.304. The minimum atomic E-state index is -4.00. The lowest BCUT2D eigenvalue weighted by Crippen LogP contribution is -1.99. The molecule has 0 aliphatic carbocycles. The van der Waals surface area contributed by atoms with Crippen LogP contribution in [-0.4, -0.2) is 12.0 Å². The first-order valence-corrected chi connectivity index (χ1v) is 11.5. The lowest BCUT2D eigenvalue weighted by Gasteiger charge is -2.03. The average molecular weight is 419 g/mol. The Balaban J connectivity index is -0.000000640. The van der Waals surface area contributed by atoms with Gasteiger partial charge in [-0.25, -0.2) is 0 Å². The molecule has 0 saturated carbocycles. The molecule has 0 fully saturated rings. The summed E-state index contributed by atoms with van der Waals surface area (Å²) < 4.78 is 31.1. The molecule has 0 radical (unpaired) electrons. The Morgan fingerprint density at radius 3 is 1.52 bits per heavy atom. The summed E-state index contributed by atoms with van der Waals surface area (Å²) in [6.45, 7) is 12.6. The topological polar surface area (TPSA) is 17.1 Å². The third-order valence-corrected chi connectivity index (χ3v) is 3.94. The van der Waals surface area contributed by atoms with Crippen LogP contribution in [0.5, 0.6) is 0 Å². The van der Waals surface area contributed by atoms with Gasteiger partial charge in [-0.15, -0.1) is 0 Å². The average Bonchev–Trinajstić information content (AvgIpc) is 2.71. The van der Waals surface area contributed by atoms with Crippen LogP contribution in [0.4, 0.5) is 13.2 Å². The maximum atomic E-state index is 12.0. The van der Waals surface area contributed by atoms with Crippen LogP contribution in [0.2, 0.25) is 0 Å². The minimum absolute atomic E-state index is 0.188. The molecule has 0 amide bonds. The molecule has 0 heterocycles. The number of aryl methyl sites for hydroxylation is 1. The molecule has 4 heteroatoms. The highest BCUT2D eigenvalue weighted by molar-refractivity contribution is 5.96.